The number of methoxy groups -OCH3 is 3. The largest absolute Gasteiger partial charge is 0.493 e. The van der Waals surface area contributed by atoms with Crippen LogP contribution >= 0.6 is 0 Å². The summed E-state index contributed by atoms with van der Waals surface area (Å²) in [6.07, 6.45) is 1.20. The monoisotopic (exact) mass is 294 g/mol. The topological polar surface area (TPSA) is 43.0 Å². The molecule has 0 aliphatic carbocycles. The van der Waals surface area contributed by atoms with Gasteiger partial charge in [-0.3, -0.25) is 4.90 Å². The van der Waals surface area contributed by atoms with Gasteiger partial charge in [-0.1, -0.05) is 13.0 Å². The van der Waals surface area contributed by atoms with Gasteiger partial charge in [0.2, 0.25) is 5.75 Å². The van der Waals surface area contributed by atoms with Crippen molar-refractivity contribution >= 4 is 0 Å². The van der Waals surface area contributed by atoms with Crippen molar-refractivity contribution in [1.82, 2.24) is 10.2 Å². The van der Waals surface area contributed by atoms with Crippen LogP contribution in [0.5, 0.6) is 17.2 Å². The van der Waals surface area contributed by atoms with Crippen molar-refractivity contribution in [1.29, 1.82) is 0 Å². The Morgan fingerprint density at radius 2 is 1.90 bits per heavy atom. The van der Waals surface area contributed by atoms with E-state index in [9.17, 15) is 0 Å². The Labute approximate surface area is 127 Å². The lowest BCUT2D eigenvalue weighted by molar-refractivity contribution is 0.206. The maximum atomic E-state index is 5.57. The van der Waals surface area contributed by atoms with Gasteiger partial charge in [0.1, 0.15) is 0 Å². The molecule has 1 N–H and O–H groups in total. The van der Waals surface area contributed by atoms with Gasteiger partial charge >= 0.3 is 0 Å². The van der Waals surface area contributed by atoms with Gasteiger partial charge in [-0.2, -0.15) is 0 Å². The number of benzene rings is 1. The van der Waals surface area contributed by atoms with E-state index in [1.54, 1.807) is 21.3 Å². The minimum absolute atomic E-state index is 0.591. The molecule has 1 fully saturated rings. The molecule has 5 heteroatoms. The first kappa shape index (κ1) is 15.9. The summed E-state index contributed by atoms with van der Waals surface area (Å²) in [6, 6.07) is 4.59. The van der Waals surface area contributed by atoms with Crippen LogP contribution in [0.3, 0.4) is 0 Å². The van der Waals surface area contributed by atoms with E-state index in [0.717, 1.165) is 37.5 Å². The molecule has 1 atom stereocenters. The number of hydrogen-bond acceptors (Lipinski definition) is 5. The summed E-state index contributed by atoms with van der Waals surface area (Å²) < 4.78 is 16.4. The Kier molecular flexibility index (Phi) is 5.70. The summed E-state index contributed by atoms with van der Waals surface area (Å²) >= 11 is 0. The average Bonchev–Trinajstić information content (AvgIpc) is 3.05. The van der Waals surface area contributed by atoms with Crippen LogP contribution in [0.2, 0.25) is 0 Å². The Morgan fingerprint density at radius 3 is 2.43 bits per heavy atom. The van der Waals surface area contributed by atoms with Gasteiger partial charge < -0.3 is 19.5 Å². The van der Waals surface area contributed by atoms with E-state index < -0.39 is 0 Å². The Bertz CT molecular complexity index is 459. The lowest BCUT2D eigenvalue weighted by Gasteiger charge is -2.28. The molecule has 0 saturated carbocycles. The summed E-state index contributed by atoms with van der Waals surface area (Å²) in [7, 11) is 4.95. The molecule has 1 aliphatic rings. The first-order chi connectivity index (χ1) is 10.2. The highest BCUT2D eigenvalue weighted by atomic mass is 16.5. The van der Waals surface area contributed by atoms with Crippen LogP contribution in [0.25, 0.3) is 0 Å². The number of nitrogens with zero attached hydrogens (tertiary/aromatic N) is 1. The molecule has 2 rings (SSSR count). The molecule has 5 nitrogen and oxygen atoms in total. The second-order valence-corrected chi connectivity index (χ2v) is 5.20. The molecule has 0 bridgehead atoms. The number of ether oxygens (including phenoxy) is 3. The van der Waals surface area contributed by atoms with E-state index in [-0.39, 0.29) is 0 Å². The molecule has 0 spiro atoms. The molecule has 118 valence electrons. The molecule has 1 saturated heterocycles. The van der Waals surface area contributed by atoms with Gasteiger partial charge in [0, 0.05) is 24.7 Å². The third-order valence-corrected chi connectivity index (χ3v) is 4.12. The normalized spacial score (nSPS) is 18.0. The van der Waals surface area contributed by atoms with Gasteiger partial charge in [-0.05, 0) is 25.6 Å². The Balaban J connectivity index is 2.25. The zero-order chi connectivity index (χ0) is 15.2. The third kappa shape index (κ3) is 3.41. The summed E-state index contributed by atoms with van der Waals surface area (Å²) in [5, 5.41) is 3.42. The fraction of sp³-hybridized carbons (Fsp3) is 0.625. The van der Waals surface area contributed by atoms with E-state index in [4.69, 9.17) is 14.2 Å². The maximum Gasteiger partial charge on any atom is 0.203 e. The van der Waals surface area contributed by atoms with Crippen LogP contribution in [0.15, 0.2) is 12.1 Å². The highest BCUT2D eigenvalue weighted by Crippen LogP contribution is 2.40. The van der Waals surface area contributed by atoms with Crippen molar-refractivity contribution in [2.45, 2.75) is 25.9 Å². The van der Waals surface area contributed by atoms with Crippen LogP contribution in [-0.4, -0.2) is 51.9 Å². The smallest absolute Gasteiger partial charge is 0.203 e. The van der Waals surface area contributed by atoms with Gasteiger partial charge in [0.25, 0.3) is 0 Å². The van der Waals surface area contributed by atoms with Crippen molar-refractivity contribution in [3.05, 3.63) is 17.7 Å². The summed E-state index contributed by atoms with van der Waals surface area (Å²) in [5.41, 5.74) is 1.13. The second kappa shape index (κ2) is 7.52. The zero-order valence-electron chi connectivity index (χ0n) is 13.4. The summed E-state index contributed by atoms with van der Waals surface area (Å²) in [5.74, 6) is 2.13. The lowest BCUT2D eigenvalue weighted by atomic mass is 10.1. The molecule has 1 unspecified atom stereocenters. The zero-order valence-corrected chi connectivity index (χ0v) is 13.4. The molecule has 0 amide bonds. The standard InChI is InChI=1S/C16H26N2O3/c1-5-18(13-8-9-17-10-13)11-12-6-7-14(19-2)16(21-4)15(12)20-3/h6-7,13,17H,5,8-11H2,1-4H3. The maximum absolute atomic E-state index is 5.57. The van der Waals surface area contributed by atoms with Gasteiger partial charge in [0.15, 0.2) is 11.5 Å². The molecule has 0 aromatic heterocycles. The molecular weight excluding hydrogens is 268 g/mol. The molecule has 0 radical (unpaired) electrons. The predicted molar refractivity (Wildman–Crippen MR) is 83.5 cm³/mol. The minimum Gasteiger partial charge on any atom is -0.493 e. The molecular formula is C16H26N2O3. The molecule has 21 heavy (non-hydrogen) atoms. The first-order valence-corrected chi connectivity index (χ1v) is 7.47. The van der Waals surface area contributed by atoms with Gasteiger partial charge in [-0.15, -0.1) is 0 Å². The quantitative estimate of drug-likeness (QED) is 0.832. The highest BCUT2D eigenvalue weighted by molar-refractivity contribution is 5.55. The number of rotatable bonds is 7. The van der Waals surface area contributed by atoms with Gasteiger partial charge in [0.05, 0.1) is 21.3 Å². The fourth-order valence-electron chi connectivity index (χ4n) is 2.96. The molecule has 1 aliphatic heterocycles. The molecule has 1 aromatic carbocycles. The van der Waals surface area contributed by atoms with Crippen LogP contribution < -0.4 is 19.5 Å². The predicted octanol–water partition coefficient (Wildman–Crippen LogP) is 1.90. The van der Waals surface area contributed by atoms with Crippen LogP contribution in [-0.2, 0) is 6.54 Å². The highest BCUT2D eigenvalue weighted by Gasteiger charge is 2.23. The van der Waals surface area contributed by atoms with Gasteiger partial charge in [-0.25, -0.2) is 0 Å². The van der Waals surface area contributed by atoms with Crippen LogP contribution in [0.4, 0.5) is 0 Å². The second-order valence-electron chi connectivity index (χ2n) is 5.20. The Hall–Kier alpha value is -1.46. The fourth-order valence-corrected chi connectivity index (χ4v) is 2.96. The number of likely N-dealkylation sites (N-methyl/N-ethyl adjacent to an activating group) is 1. The molecule has 1 heterocycles. The van der Waals surface area contributed by atoms with Crippen molar-refractivity contribution < 1.29 is 14.2 Å². The minimum atomic E-state index is 0.591. The van der Waals surface area contributed by atoms with Crippen molar-refractivity contribution in [2.24, 2.45) is 0 Å². The number of nitrogens with one attached hydrogen (secondary N) is 1. The van der Waals surface area contributed by atoms with Crippen molar-refractivity contribution in [3.63, 3.8) is 0 Å². The van der Waals surface area contributed by atoms with Crippen molar-refractivity contribution in [3.8, 4) is 17.2 Å². The third-order valence-electron chi connectivity index (χ3n) is 4.12. The first-order valence-electron chi connectivity index (χ1n) is 7.47. The van der Waals surface area contributed by atoms with Crippen LogP contribution in [0.1, 0.15) is 18.9 Å². The van der Waals surface area contributed by atoms with Crippen molar-refractivity contribution in [2.75, 3.05) is 41.0 Å². The van der Waals surface area contributed by atoms with E-state index in [1.165, 1.54) is 6.42 Å². The lowest BCUT2D eigenvalue weighted by Crippen LogP contribution is -2.36. The average molecular weight is 294 g/mol. The summed E-state index contributed by atoms with van der Waals surface area (Å²) in [6.45, 7) is 6.23. The SMILES string of the molecule is CCN(Cc1ccc(OC)c(OC)c1OC)C1CCNC1. The Morgan fingerprint density at radius 1 is 1.14 bits per heavy atom. The van der Waals surface area contributed by atoms with E-state index in [1.807, 2.05) is 6.07 Å². The summed E-state index contributed by atoms with van der Waals surface area (Å²) in [4.78, 5) is 2.48. The van der Waals surface area contributed by atoms with E-state index >= 15 is 0 Å². The number of hydrogen-bond donors (Lipinski definition) is 1. The van der Waals surface area contributed by atoms with E-state index in [2.05, 4.69) is 23.2 Å². The molecule has 1 aromatic rings. The van der Waals surface area contributed by atoms with E-state index in [0.29, 0.717) is 17.5 Å². The van der Waals surface area contributed by atoms with Crippen LogP contribution in [0, 0.1) is 0 Å².